The molecule has 1 aliphatic heterocycles. The quantitative estimate of drug-likeness (QED) is 0.118. The maximum Gasteiger partial charge on any atom is 0.490 e. The molecule has 0 spiro atoms. The Morgan fingerprint density at radius 2 is 1.50 bits per heavy atom. The number of hydrogen-bond donors (Lipinski definition) is 4. The molecule has 1 aromatic carbocycles. The second-order valence-corrected chi connectivity index (χ2v) is 10.8. The van der Waals surface area contributed by atoms with E-state index >= 15 is 0 Å². The third-order valence-corrected chi connectivity index (χ3v) is 6.54. The van der Waals surface area contributed by atoms with Crippen LogP contribution in [-0.2, 0) is 9.59 Å². The predicted molar refractivity (Wildman–Crippen MR) is 152 cm³/mol. The lowest BCUT2D eigenvalue weighted by molar-refractivity contribution is -0.193. The molecule has 11 nitrogen and oxygen atoms in total. The van der Waals surface area contributed by atoms with Crippen molar-refractivity contribution in [3.63, 3.8) is 0 Å². The highest BCUT2D eigenvalue weighted by Gasteiger charge is 2.39. The fraction of sp³-hybridized carbons (Fsp3) is 0.179. The molecule has 4 heterocycles. The Balaban J connectivity index is 0.000000345. The summed E-state index contributed by atoms with van der Waals surface area (Å²) in [5, 5.41) is 37.7. The topological polar surface area (TPSA) is 189 Å². The molecular formula is C28H19F6N7O4S. The third-order valence-electron chi connectivity index (χ3n) is 5.56. The molecule has 3 aromatic heterocycles. The molecule has 0 amide bonds. The van der Waals surface area contributed by atoms with Crippen molar-refractivity contribution in [2.24, 2.45) is 0 Å². The average molecular weight is 664 g/mol. The van der Waals surface area contributed by atoms with Gasteiger partial charge in [-0.2, -0.15) is 36.9 Å². The van der Waals surface area contributed by atoms with E-state index in [9.17, 15) is 36.9 Å². The van der Waals surface area contributed by atoms with E-state index in [1.165, 1.54) is 0 Å². The van der Waals surface area contributed by atoms with Crippen molar-refractivity contribution in [3.05, 3.63) is 60.0 Å². The Hall–Kier alpha value is -5.62. The van der Waals surface area contributed by atoms with Crippen LogP contribution in [0.3, 0.4) is 0 Å². The lowest BCUT2D eigenvalue weighted by Crippen LogP contribution is -2.21. The number of pyridine rings is 2. The minimum atomic E-state index is -5.08. The summed E-state index contributed by atoms with van der Waals surface area (Å²) in [4.78, 5) is 35.6. The van der Waals surface area contributed by atoms with Crippen LogP contribution in [0.4, 0.5) is 37.8 Å². The highest BCUT2D eigenvalue weighted by Crippen LogP contribution is 2.43. The van der Waals surface area contributed by atoms with E-state index < -0.39 is 24.3 Å². The van der Waals surface area contributed by atoms with Crippen LogP contribution in [0.25, 0.3) is 33.9 Å². The number of aromatic amines is 1. The lowest BCUT2D eigenvalue weighted by atomic mass is 10.0. The monoisotopic (exact) mass is 663 g/mol. The number of nitrogens with one attached hydrogen (secondary N) is 2. The number of halogens is 6. The van der Waals surface area contributed by atoms with E-state index in [-0.39, 0.29) is 0 Å². The number of imidazole rings is 1. The average Bonchev–Trinajstić information content (AvgIpc) is 3.36. The van der Waals surface area contributed by atoms with Gasteiger partial charge in [-0.05, 0) is 30.3 Å². The summed E-state index contributed by atoms with van der Waals surface area (Å²) in [6.07, 6.45) is -5.00. The number of carbonyl (C=O) groups is 2. The highest BCUT2D eigenvalue weighted by atomic mass is 32.2. The van der Waals surface area contributed by atoms with Crippen molar-refractivity contribution in [1.82, 2.24) is 19.9 Å². The summed E-state index contributed by atoms with van der Waals surface area (Å²) < 4.78 is 63.5. The number of hydrogen-bond acceptors (Lipinski definition) is 9. The van der Waals surface area contributed by atoms with Crippen molar-refractivity contribution < 1.29 is 46.1 Å². The number of carboxylic acids is 2. The normalized spacial score (nSPS) is 11.4. The Morgan fingerprint density at radius 3 is 2.00 bits per heavy atom. The number of anilines is 2. The van der Waals surface area contributed by atoms with Crippen LogP contribution in [0, 0.1) is 22.7 Å². The molecule has 0 radical (unpaired) electrons. The zero-order chi connectivity index (χ0) is 34.4. The second-order valence-electron chi connectivity index (χ2n) is 9.14. The maximum atomic E-state index is 10.6. The van der Waals surface area contributed by atoms with Gasteiger partial charge in [-0.15, -0.1) is 11.8 Å². The van der Waals surface area contributed by atoms with Gasteiger partial charge in [0.1, 0.15) is 17.3 Å². The molecule has 4 aromatic rings. The van der Waals surface area contributed by atoms with Crippen LogP contribution in [-0.4, -0.2) is 59.7 Å². The maximum absolute atomic E-state index is 10.6. The Morgan fingerprint density at radius 1 is 0.935 bits per heavy atom. The van der Waals surface area contributed by atoms with Gasteiger partial charge in [0.25, 0.3) is 0 Å². The summed E-state index contributed by atoms with van der Waals surface area (Å²) >= 11 is 1.62. The number of rotatable bonds is 3. The van der Waals surface area contributed by atoms with Gasteiger partial charge in [0, 0.05) is 33.7 Å². The van der Waals surface area contributed by atoms with E-state index in [0.717, 1.165) is 27.4 Å². The Bertz CT molecular complexity index is 1740. The minimum Gasteiger partial charge on any atom is -0.475 e. The van der Waals surface area contributed by atoms with Crippen LogP contribution in [0.2, 0.25) is 0 Å². The predicted octanol–water partition coefficient (Wildman–Crippen LogP) is 6.77. The zero-order valence-corrected chi connectivity index (χ0v) is 24.1. The number of H-pyrrole nitrogens is 1. The van der Waals surface area contributed by atoms with E-state index in [2.05, 4.69) is 46.3 Å². The van der Waals surface area contributed by atoms with Crippen LogP contribution in [0.1, 0.15) is 25.0 Å². The SMILES string of the molecule is CC(C)Sc1cc(C#N)c(-c2nc3c([nH]2)-c2ccncc2Nc2ncccc2-3)c(C#N)c1.O=C(O)C(F)(F)F.O=C(O)C(F)(F)F. The van der Waals surface area contributed by atoms with Crippen molar-refractivity contribution >= 4 is 35.2 Å². The van der Waals surface area contributed by atoms with E-state index in [1.807, 2.05) is 30.3 Å². The fourth-order valence-electron chi connectivity index (χ4n) is 3.80. The summed E-state index contributed by atoms with van der Waals surface area (Å²) in [5.74, 6) is -4.37. The molecule has 46 heavy (non-hydrogen) atoms. The Labute approximate surface area is 259 Å². The van der Waals surface area contributed by atoms with Gasteiger partial charge in [0.05, 0.1) is 46.4 Å². The van der Waals surface area contributed by atoms with Gasteiger partial charge in [-0.25, -0.2) is 19.6 Å². The first-order chi connectivity index (χ1) is 21.5. The standard InChI is InChI=1S/C24H17N7S.2C2HF3O2/c1-13(2)32-16-8-14(10-25)20(15(9-16)11-26)24-30-21-17-5-7-27-12-19(17)29-23-18(22(21)31-24)4-3-6-28-23;2*3-2(4,5)1(6)7/h3-9,12-13H,1-2H3,(H,28,29)(H,30,31);2*(H,6,7). The van der Waals surface area contributed by atoms with Crippen LogP contribution in [0.15, 0.2) is 53.8 Å². The number of thioether (sulfide) groups is 1. The van der Waals surface area contributed by atoms with Gasteiger partial charge < -0.3 is 20.5 Å². The molecule has 0 aliphatic carbocycles. The minimum absolute atomic E-state index is 0.334. The van der Waals surface area contributed by atoms with Crippen molar-refractivity contribution in [2.45, 2.75) is 36.3 Å². The molecule has 5 rings (SSSR count). The Kier molecular flexibility index (Phi) is 10.6. The van der Waals surface area contributed by atoms with Gasteiger partial charge in [0.15, 0.2) is 0 Å². The van der Waals surface area contributed by atoms with Crippen molar-refractivity contribution in [3.8, 4) is 46.0 Å². The lowest BCUT2D eigenvalue weighted by Gasteiger charge is -2.10. The summed E-state index contributed by atoms with van der Waals surface area (Å²) in [6.45, 7) is 4.15. The van der Waals surface area contributed by atoms with Gasteiger partial charge in [-0.3, -0.25) is 4.98 Å². The summed E-state index contributed by atoms with van der Waals surface area (Å²) in [7, 11) is 0. The molecular weight excluding hydrogens is 644 g/mol. The first-order valence-corrected chi connectivity index (χ1v) is 13.4. The molecule has 4 N–H and O–H groups in total. The first kappa shape index (κ1) is 34.9. The molecule has 18 heteroatoms. The van der Waals surface area contributed by atoms with E-state index in [0.29, 0.717) is 39.3 Å². The largest absolute Gasteiger partial charge is 0.490 e. The van der Waals surface area contributed by atoms with Crippen molar-refractivity contribution in [2.75, 3.05) is 5.32 Å². The number of carboxylic acid groups (broad SMARTS) is 2. The smallest absolute Gasteiger partial charge is 0.475 e. The molecule has 0 saturated carbocycles. The van der Waals surface area contributed by atoms with Crippen LogP contribution < -0.4 is 5.32 Å². The van der Waals surface area contributed by atoms with Gasteiger partial charge >= 0.3 is 24.3 Å². The molecule has 0 atom stereocenters. The number of aromatic nitrogens is 4. The van der Waals surface area contributed by atoms with Gasteiger partial charge in [-0.1, -0.05) is 13.8 Å². The van der Waals surface area contributed by atoms with Crippen molar-refractivity contribution in [1.29, 1.82) is 10.5 Å². The highest BCUT2D eigenvalue weighted by molar-refractivity contribution is 7.99. The van der Waals surface area contributed by atoms with Crippen LogP contribution in [0.5, 0.6) is 0 Å². The third kappa shape index (κ3) is 8.30. The number of nitriles is 2. The number of aliphatic carboxylic acids is 2. The number of fused-ring (bicyclic) bond motifs is 5. The summed E-state index contributed by atoms with van der Waals surface area (Å²) in [6, 6.07) is 13.8. The summed E-state index contributed by atoms with van der Waals surface area (Å²) in [5.41, 5.74) is 5.32. The second kappa shape index (κ2) is 14.0. The molecule has 238 valence electrons. The van der Waals surface area contributed by atoms with Gasteiger partial charge in [0.2, 0.25) is 0 Å². The van der Waals surface area contributed by atoms with E-state index in [1.54, 1.807) is 30.4 Å². The number of benzene rings is 1. The molecule has 0 fully saturated rings. The number of alkyl halides is 6. The molecule has 0 bridgehead atoms. The molecule has 1 aliphatic rings. The fourth-order valence-corrected chi connectivity index (χ4v) is 4.72. The molecule has 0 saturated heterocycles. The first-order valence-electron chi connectivity index (χ1n) is 12.5. The molecule has 0 unspecified atom stereocenters. The van der Waals surface area contributed by atoms with E-state index in [4.69, 9.17) is 24.8 Å². The number of nitrogens with zero attached hydrogens (tertiary/aromatic N) is 5. The van der Waals surface area contributed by atoms with Crippen LogP contribution >= 0.6 is 11.8 Å². The zero-order valence-electron chi connectivity index (χ0n) is 23.3.